The van der Waals surface area contributed by atoms with E-state index in [0.29, 0.717) is 30.3 Å². The van der Waals surface area contributed by atoms with E-state index in [9.17, 15) is 13.2 Å². The maximum absolute atomic E-state index is 13.2. The lowest BCUT2D eigenvalue weighted by Crippen LogP contribution is -2.30. The predicted molar refractivity (Wildman–Crippen MR) is 134 cm³/mol. The molecule has 3 rings (SSSR count). The lowest BCUT2D eigenvalue weighted by Gasteiger charge is -2.23. The Morgan fingerprint density at radius 1 is 1.16 bits per heavy atom. The smallest absolute Gasteiger partial charge is 0.264 e. The zero-order chi connectivity index (χ0) is 23.3. The second kappa shape index (κ2) is 10.8. The van der Waals surface area contributed by atoms with Crippen LogP contribution in [0.2, 0.25) is 0 Å². The molecule has 0 spiro atoms. The van der Waals surface area contributed by atoms with Crippen molar-refractivity contribution in [3.05, 3.63) is 57.9 Å². The molecule has 3 aromatic rings. The number of hydrogen-bond acceptors (Lipinski definition) is 5. The molecule has 32 heavy (non-hydrogen) atoms. The van der Waals surface area contributed by atoms with Gasteiger partial charge in [0.2, 0.25) is 0 Å². The number of hydrogen-bond donors (Lipinski definition) is 1. The van der Waals surface area contributed by atoms with Gasteiger partial charge in [-0.1, -0.05) is 15.9 Å². The number of fused-ring (bicyclic) bond motifs is 1. The first-order valence-electron chi connectivity index (χ1n) is 10.4. The fraction of sp³-hybridized carbons (Fsp3) is 0.348. The summed E-state index contributed by atoms with van der Waals surface area (Å²) < 4.78 is 35.0. The Kier molecular flexibility index (Phi) is 8.32. The summed E-state index contributed by atoms with van der Waals surface area (Å²) in [7, 11) is -3.70. The number of rotatable bonds is 10. The van der Waals surface area contributed by atoms with Gasteiger partial charge in [-0.2, -0.15) is 0 Å². The summed E-state index contributed by atoms with van der Waals surface area (Å²) in [4.78, 5) is 13.3. The number of nitrogens with one attached hydrogen (secondary N) is 1. The summed E-state index contributed by atoms with van der Waals surface area (Å²) in [5, 5.41) is 3.75. The highest BCUT2D eigenvalue weighted by molar-refractivity contribution is 9.10. The Labute approximate surface area is 201 Å². The summed E-state index contributed by atoms with van der Waals surface area (Å²) in [5.74, 6) is -0.132. The van der Waals surface area contributed by atoms with Crippen LogP contribution in [0.3, 0.4) is 0 Å². The maximum Gasteiger partial charge on any atom is 0.264 e. The molecule has 0 bridgehead atoms. The van der Waals surface area contributed by atoms with Crippen molar-refractivity contribution in [2.24, 2.45) is 0 Å². The third-order valence-corrected chi connectivity index (χ3v) is 8.32. The Bertz CT molecular complexity index is 1170. The van der Waals surface area contributed by atoms with E-state index in [1.807, 2.05) is 32.0 Å². The van der Waals surface area contributed by atoms with Gasteiger partial charge in [-0.15, -0.1) is 11.3 Å². The van der Waals surface area contributed by atoms with Crippen molar-refractivity contribution >= 4 is 59.0 Å². The second-order valence-electron chi connectivity index (χ2n) is 7.49. The first-order valence-corrected chi connectivity index (χ1v) is 13.5. The average molecular weight is 540 g/mol. The highest BCUT2D eigenvalue weighted by Crippen LogP contribution is 2.32. The number of carbonyl (C=O) groups is 1. The second-order valence-corrected chi connectivity index (χ2v) is 11.3. The van der Waals surface area contributed by atoms with E-state index in [1.165, 1.54) is 15.6 Å². The van der Waals surface area contributed by atoms with E-state index < -0.39 is 10.0 Å². The van der Waals surface area contributed by atoms with E-state index in [-0.39, 0.29) is 16.9 Å². The molecule has 0 aliphatic carbocycles. The van der Waals surface area contributed by atoms with Crippen LogP contribution in [0.25, 0.3) is 10.1 Å². The zero-order valence-corrected chi connectivity index (χ0v) is 21.5. The maximum atomic E-state index is 13.2. The highest BCUT2D eigenvalue weighted by atomic mass is 79.9. The highest BCUT2D eigenvalue weighted by Gasteiger charge is 2.24. The average Bonchev–Trinajstić information content (AvgIpc) is 3.17. The molecule has 1 aromatic heterocycles. The summed E-state index contributed by atoms with van der Waals surface area (Å²) >= 11 is 4.73. The van der Waals surface area contributed by atoms with E-state index >= 15 is 0 Å². The number of sulfonamides is 1. The van der Waals surface area contributed by atoms with Gasteiger partial charge in [0.1, 0.15) is 0 Å². The molecule has 0 saturated carbocycles. The Morgan fingerprint density at radius 3 is 2.53 bits per heavy atom. The normalized spacial score (nSPS) is 11.8. The van der Waals surface area contributed by atoms with Gasteiger partial charge >= 0.3 is 0 Å². The number of ether oxygens (including phenoxy) is 1. The Hall–Kier alpha value is -1.94. The lowest BCUT2D eigenvalue weighted by molar-refractivity contribution is 0.0757. The third kappa shape index (κ3) is 5.89. The van der Waals surface area contributed by atoms with Crippen LogP contribution < -0.4 is 9.62 Å². The minimum absolute atomic E-state index is 0.132. The third-order valence-electron chi connectivity index (χ3n) is 4.76. The molecule has 9 heteroatoms. The molecule has 0 radical (unpaired) electrons. The minimum Gasteiger partial charge on any atom is -0.379 e. The quantitative estimate of drug-likeness (QED) is 0.349. The van der Waals surface area contributed by atoms with E-state index in [1.54, 1.807) is 37.3 Å². The van der Waals surface area contributed by atoms with Crippen LogP contribution in [0.15, 0.2) is 57.9 Å². The molecule has 1 amide bonds. The molecule has 1 N–H and O–H groups in total. The molecule has 0 aliphatic rings. The van der Waals surface area contributed by atoms with Gasteiger partial charge in [0.15, 0.2) is 0 Å². The largest absolute Gasteiger partial charge is 0.379 e. The minimum atomic E-state index is -3.70. The monoisotopic (exact) mass is 538 g/mol. The standard InChI is InChI=1S/C23H27BrN2O4S2/c1-4-26(32(28,29)20-9-6-18(24)7-10-20)19-8-11-21-17(14-19)15-22(31-21)23(27)25-12-5-13-30-16(2)3/h6-11,14-16H,4-5,12-13H2,1-3H3,(H,25,27). The number of anilines is 1. The van der Waals surface area contributed by atoms with Crippen LogP contribution in [0, 0.1) is 0 Å². The first-order chi connectivity index (χ1) is 15.2. The summed E-state index contributed by atoms with van der Waals surface area (Å²) in [6.07, 6.45) is 0.927. The summed E-state index contributed by atoms with van der Waals surface area (Å²) in [6.45, 7) is 7.20. The van der Waals surface area contributed by atoms with Crippen molar-refractivity contribution in [3.8, 4) is 0 Å². The van der Waals surface area contributed by atoms with Crippen LogP contribution in [-0.4, -0.2) is 40.1 Å². The SMILES string of the molecule is CCN(c1ccc2sc(C(=O)NCCCOC(C)C)cc2c1)S(=O)(=O)c1ccc(Br)cc1. The molecular weight excluding hydrogens is 512 g/mol. The van der Waals surface area contributed by atoms with Crippen molar-refractivity contribution in [1.29, 1.82) is 0 Å². The molecule has 0 atom stereocenters. The van der Waals surface area contributed by atoms with Crippen LogP contribution in [0.1, 0.15) is 36.9 Å². The van der Waals surface area contributed by atoms with Gasteiger partial charge < -0.3 is 10.1 Å². The van der Waals surface area contributed by atoms with Gasteiger partial charge in [-0.25, -0.2) is 8.42 Å². The number of nitrogens with zero attached hydrogens (tertiary/aromatic N) is 1. The van der Waals surface area contributed by atoms with E-state index in [0.717, 1.165) is 21.0 Å². The van der Waals surface area contributed by atoms with Gasteiger partial charge in [0.25, 0.3) is 15.9 Å². The van der Waals surface area contributed by atoms with Crippen molar-refractivity contribution < 1.29 is 17.9 Å². The molecule has 2 aromatic carbocycles. The molecule has 0 saturated heterocycles. The molecular formula is C23H27BrN2O4S2. The van der Waals surface area contributed by atoms with Gasteiger partial charge in [-0.3, -0.25) is 9.10 Å². The molecule has 6 nitrogen and oxygen atoms in total. The van der Waals surface area contributed by atoms with Crippen molar-refractivity contribution in [1.82, 2.24) is 5.32 Å². The van der Waals surface area contributed by atoms with Crippen LogP contribution in [0.4, 0.5) is 5.69 Å². The molecule has 0 aliphatic heterocycles. The number of carbonyl (C=O) groups excluding carboxylic acids is 1. The van der Waals surface area contributed by atoms with Crippen molar-refractivity contribution in [2.45, 2.75) is 38.2 Å². The van der Waals surface area contributed by atoms with Gasteiger partial charge in [-0.05, 0) is 81.1 Å². The van der Waals surface area contributed by atoms with Crippen molar-refractivity contribution in [3.63, 3.8) is 0 Å². The number of thiophene rings is 1. The topological polar surface area (TPSA) is 75.7 Å². The number of benzene rings is 2. The fourth-order valence-corrected chi connectivity index (χ4v) is 5.89. The summed E-state index contributed by atoms with van der Waals surface area (Å²) in [5.41, 5.74) is 0.568. The molecule has 0 unspecified atom stereocenters. The Balaban J connectivity index is 1.77. The predicted octanol–water partition coefficient (Wildman–Crippen LogP) is 5.42. The Morgan fingerprint density at radius 2 is 1.88 bits per heavy atom. The van der Waals surface area contributed by atoms with Crippen LogP contribution in [0.5, 0.6) is 0 Å². The van der Waals surface area contributed by atoms with Gasteiger partial charge in [0.05, 0.1) is 21.6 Å². The van der Waals surface area contributed by atoms with Gasteiger partial charge in [0, 0.05) is 28.9 Å². The van der Waals surface area contributed by atoms with Crippen molar-refractivity contribution in [2.75, 3.05) is 24.0 Å². The molecule has 0 fully saturated rings. The fourth-order valence-electron chi connectivity index (χ4n) is 3.20. The zero-order valence-electron chi connectivity index (χ0n) is 18.3. The van der Waals surface area contributed by atoms with E-state index in [2.05, 4.69) is 21.2 Å². The van der Waals surface area contributed by atoms with E-state index in [4.69, 9.17) is 4.74 Å². The molecule has 1 heterocycles. The van der Waals surface area contributed by atoms with Crippen LogP contribution >= 0.6 is 27.3 Å². The number of halogens is 1. The molecule has 172 valence electrons. The lowest BCUT2D eigenvalue weighted by atomic mass is 10.2. The first kappa shape index (κ1) is 24.7. The summed E-state index contributed by atoms with van der Waals surface area (Å²) in [6, 6.07) is 13.9. The van der Waals surface area contributed by atoms with Crippen LogP contribution in [-0.2, 0) is 14.8 Å². The number of amides is 1.